The lowest BCUT2D eigenvalue weighted by molar-refractivity contribution is 0.429. The van der Waals surface area contributed by atoms with Crippen LogP contribution in [-0.2, 0) is 0 Å². The van der Waals surface area contributed by atoms with Gasteiger partial charge in [-0.1, -0.05) is 42.5 Å². The smallest absolute Gasteiger partial charge is 0.222 e. The Balaban J connectivity index is 1.76. The topological polar surface area (TPSA) is 42.7 Å². The number of benzene rings is 2. The molecule has 0 spiro atoms. The minimum atomic E-state index is 0.205. The Morgan fingerprint density at radius 3 is 2.62 bits per heavy atom. The highest BCUT2D eigenvalue weighted by Gasteiger charge is 2.30. The van der Waals surface area contributed by atoms with Crippen molar-refractivity contribution in [3.8, 4) is 0 Å². The maximum absolute atomic E-state index is 4.46. The maximum Gasteiger partial charge on any atom is 0.222 e. The first-order valence-electron chi connectivity index (χ1n) is 8.42. The normalized spacial score (nSPS) is 19.6. The fraction of sp³-hybridized carbons (Fsp3) is 0.300. The van der Waals surface area contributed by atoms with Gasteiger partial charge in [0.25, 0.3) is 0 Å². The molecule has 0 saturated heterocycles. The van der Waals surface area contributed by atoms with E-state index in [-0.39, 0.29) is 12.1 Å². The molecule has 0 radical (unpaired) electrons. The summed E-state index contributed by atoms with van der Waals surface area (Å²) in [5.74, 6) is 0.845. The minimum Gasteiger partial charge on any atom is -0.348 e. The zero-order chi connectivity index (χ0) is 16.7. The van der Waals surface area contributed by atoms with Crippen LogP contribution in [0.2, 0.25) is 0 Å². The van der Waals surface area contributed by atoms with Gasteiger partial charge in [0, 0.05) is 0 Å². The number of rotatable bonds is 2. The fourth-order valence-corrected chi connectivity index (χ4v) is 3.54. The molecule has 0 fully saturated rings. The Hall–Kier alpha value is -2.62. The van der Waals surface area contributed by atoms with Crippen LogP contribution in [0.1, 0.15) is 46.3 Å². The molecule has 122 valence electrons. The molecule has 0 amide bonds. The molecule has 4 rings (SSSR count). The minimum absolute atomic E-state index is 0.205. The molecule has 4 nitrogen and oxygen atoms in total. The summed E-state index contributed by atoms with van der Waals surface area (Å²) in [4.78, 5) is 4.42. The number of nitrogens with zero attached hydrogens (tertiary/aromatic N) is 3. The fourth-order valence-electron chi connectivity index (χ4n) is 3.54. The van der Waals surface area contributed by atoms with Crippen LogP contribution in [0.25, 0.3) is 0 Å². The van der Waals surface area contributed by atoms with Gasteiger partial charge in [-0.15, -0.1) is 0 Å². The van der Waals surface area contributed by atoms with Crippen molar-refractivity contribution < 1.29 is 0 Å². The largest absolute Gasteiger partial charge is 0.348 e. The second kappa shape index (κ2) is 5.78. The monoisotopic (exact) mass is 318 g/mol. The first-order chi connectivity index (χ1) is 11.6. The highest BCUT2D eigenvalue weighted by atomic mass is 15.4. The molecule has 0 saturated carbocycles. The number of fused-ring (bicyclic) bond motifs is 1. The zero-order valence-electron chi connectivity index (χ0n) is 14.3. The molecule has 0 unspecified atom stereocenters. The number of aryl methyl sites for hydroxylation is 3. The molecule has 2 heterocycles. The summed E-state index contributed by atoms with van der Waals surface area (Å²) in [6.45, 7) is 6.49. The van der Waals surface area contributed by atoms with E-state index in [4.69, 9.17) is 0 Å². The van der Waals surface area contributed by atoms with Crippen LogP contribution in [0.4, 0.5) is 5.95 Å². The van der Waals surface area contributed by atoms with E-state index >= 15 is 0 Å². The Morgan fingerprint density at radius 2 is 1.83 bits per heavy atom. The van der Waals surface area contributed by atoms with Crippen LogP contribution in [-0.4, -0.2) is 14.8 Å². The highest BCUT2D eigenvalue weighted by Crippen LogP contribution is 2.38. The first kappa shape index (κ1) is 14.9. The van der Waals surface area contributed by atoms with Crippen molar-refractivity contribution in [3.05, 3.63) is 76.6 Å². The van der Waals surface area contributed by atoms with Crippen LogP contribution in [0.5, 0.6) is 0 Å². The lowest BCUT2D eigenvalue weighted by Crippen LogP contribution is -2.28. The van der Waals surface area contributed by atoms with Crippen molar-refractivity contribution in [1.82, 2.24) is 14.8 Å². The first-order valence-corrected chi connectivity index (χ1v) is 8.42. The molecule has 1 aliphatic heterocycles. The molecule has 3 aromatic rings. The third-order valence-electron chi connectivity index (χ3n) is 5.11. The van der Waals surface area contributed by atoms with Gasteiger partial charge in [-0.3, -0.25) is 0 Å². The molecule has 0 aliphatic carbocycles. The van der Waals surface area contributed by atoms with Gasteiger partial charge in [0.1, 0.15) is 6.33 Å². The number of hydrogen-bond donors (Lipinski definition) is 1. The van der Waals surface area contributed by atoms with Gasteiger partial charge in [-0.05, 0) is 55.0 Å². The van der Waals surface area contributed by atoms with Gasteiger partial charge < -0.3 is 5.32 Å². The summed E-state index contributed by atoms with van der Waals surface area (Å²) in [5, 5.41) is 8.01. The zero-order valence-corrected chi connectivity index (χ0v) is 14.3. The molecule has 24 heavy (non-hydrogen) atoms. The second-order valence-electron chi connectivity index (χ2n) is 6.68. The summed E-state index contributed by atoms with van der Waals surface area (Å²) >= 11 is 0. The van der Waals surface area contributed by atoms with E-state index in [9.17, 15) is 0 Å². The molecule has 2 aromatic carbocycles. The number of hydrogen-bond acceptors (Lipinski definition) is 3. The van der Waals surface area contributed by atoms with Gasteiger partial charge in [0.05, 0.1) is 12.1 Å². The third kappa shape index (κ3) is 2.48. The van der Waals surface area contributed by atoms with Crippen molar-refractivity contribution in [3.63, 3.8) is 0 Å². The summed E-state index contributed by atoms with van der Waals surface area (Å²) in [5.41, 5.74) is 6.58. The molecule has 4 heteroatoms. The summed E-state index contributed by atoms with van der Waals surface area (Å²) in [6.07, 6.45) is 2.60. The highest BCUT2D eigenvalue weighted by molar-refractivity contribution is 5.41. The summed E-state index contributed by atoms with van der Waals surface area (Å²) in [6, 6.07) is 15.7. The molecule has 1 N–H and O–H groups in total. The Labute approximate surface area is 142 Å². The van der Waals surface area contributed by atoms with Crippen LogP contribution in [0.15, 0.2) is 48.8 Å². The van der Waals surface area contributed by atoms with Gasteiger partial charge in [0.2, 0.25) is 5.95 Å². The number of anilines is 1. The van der Waals surface area contributed by atoms with Gasteiger partial charge in [-0.25, -0.2) is 4.68 Å². The average molecular weight is 318 g/mol. The van der Waals surface area contributed by atoms with Crippen LogP contribution < -0.4 is 5.32 Å². The number of aromatic nitrogens is 3. The maximum atomic E-state index is 4.46. The molecule has 2 atom stereocenters. The second-order valence-corrected chi connectivity index (χ2v) is 6.68. The van der Waals surface area contributed by atoms with Gasteiger partial charge in [-0.2, -0.15) is 10.1 Å². The summed E-state index contributed by atoms with van der Waals surface area (Å²) < 4.78 is 2.01. The van der Waals surface area contributed by atoms with E-state index in [0.29, 0.717) is 0 Å². The standard InChI is InChI=1S/C20H22N4/c1-13-8-9-16(10-15(13)3)18-11-19(17-7-5-4-6-14(17)2)24-20(23-18)21-12-22-24/h4-10,12,18-19H,11H2,1-3H3,(H,21,22,23)/t18-,19+/m0/s1. The lowest BCUT2D eigenvalue weighted by atomic mass is 9.90. The average Bonchev–Trinajstić information content (AvgIpc) is 3.05. The lowest BCUT2D eigenvalue weighted by Gasteiger charge is -2.32. The van der Waals surface area contributed by atoms with Crippen molar-refractivity contribution in [2.75, 3.05) is 5.32 Å². The van der Waals surface area contributed by atoms with E-state index in [2.05, 4.69) is 78.6 Å². The van der Waals surface area contributed by atoms with Crippen molar-refractivity contribution in [1.29, 1.82) is 0 Å². The van der Waals surface area contributed by atoms with Gasteiger partial charge in [0.15, 0.2) is 0 Å². The van der Waals surface area contributed by atoms with Crippen LogP contribution in [0.3, 0.4) is 0 Å². The van der Waals surface area contributed by atoms with E-state index in [1.54, 1.807) is 6.33 Å². The Kier molecular flexibility index (Phi) is 3.60. The molecule has 1 aliphatic rings. The number of nitrogens with one attached hydrogen (secondary N) is 1. The van der Waals surface area contributed by atoms with Gasteiger partial charge >= 0.3 is 0 Å². The van der Waals surface area contributed by atoms with Crippen LogP contribution in [0, 0.1) is 20.8 Å². The molecule has 0 bridgehead atoms. The molecule has 1 aromatic heterocycles. The molecular formula is C20H22N4. The molecular weight excluding hydrogens is 296 g/mol. The Morgan fingerprint density at radius 1 is 1.00 bits per heavy atom. The van der Waals surface area contributed by atoms with Crippen molar-refractivity contribution in [2.24, 2.45) is 0 Å². The van der Waals surface area contributed by atoms with E-state index in [1.807, 2.05) is 4.68 Å². The quantitative estimate of drug-likeness (QED) is 0.764. The van der Waals surface area contributed by atoms with E-state index < -0.39 is 0 Å². The van der Waals surface area contributed by atoms with Crippen molar-refractivity contribution >= 4 is 5.95 Å². The summed E-state index contributed by atoms with van der Waals surface area (Å²) in [7, 11) is 0. The van der Waals surface area contributed by atoms with E-state index in [1.165, 1.54) is 27.8 Å². The SMILES string of the molecule is Cc1ccc([C@@H]2C[C@H](c3ccccc3C)n3ncnc3N2)cc1C. The Bertz CT molecular complexity index is 881. The van der Waals surface area contributed by atoms with Crippen molar-refractivity contribution in [2.45, 2.75) is 39.3 Å². The van der Waals surface area contributed by atoms with E-state index in [0.717, 1.165) is 12.4 Å². The predicted molar refractivity (Wildman–Crippen MR) is 96.2 cm³/mol. The third-order valence-corrected chi connectivity index (χ3v) is 5.11. The van der Waals surface area contributed by atoms with Crippen LogP contribution >= 0.6 is 0 Å². The predicted octanol–water partition coefficient (Wildman–Crippen LogP) is 4.35.